The van der Waals surface area contributed by atoms with Crippen molar-refractivity contribution in [1.29, 1.82) is 5.41 Å². The Hall–Kier alpha value is -1.12. The molecule has 0 saturated carbocycles. The van der Waals surface area contributed by atoms with Crippen LogP contribution in [0.3, 0.4) is 0 Å². The molecule has 48 valence electrons. The van der Waals surface area contributed by atoms with Crippen LogP contribution in [0.2, 0.25) is 0 Å². The van der Waals surface area contributed by atoms with Gasteiger partial charge in [-0.05, 0) is 13.0 Å². The zero-order valence-corrected chi connectivity index (χ0v) is 5.55. The van der Waals surface area contributed by atoms with Crippen molar-refractivity contribution in [3.63, 3.8) is 0 Å². The molecule has 0 bridgehead atoms. The molecule has 0 amide bonds. The zero-order valence-electron chi connectivity index (χ0n) is 5.55. The lowest BCUT2D eigenvalue weighted by molar-refractivity contribution is 0.734. The lowest BCUT2D eigenvalue weighted by atomic mass is 10.4. The van der Waals surface area contributed by atoms with Crippen LogP contribution < -0.4 is 5.62 Å². The minimum absolute atomic E-state index is 0.301. The van der Waals surface area contributed by atoms with Gasteiger partial charge in [-0.3, -0.25) is 5.41 Å². The van der Waals surface area contributed by atoms with Crippen LogP contribution in [-0.2, 0) is 7.05 Å². The normalized spacial score (nSPS) is 9.56. The molecule has 0 aliphatic rings. The maximum absolute atomic E-state index is 7.21. The molecule has 9 heavy (non-hydrogen) atoms. The fraction of sp³-hybridized carbons (Fsp3) is 0.333. The summed E-state index contributed by atoms with van der Waals surface area (Å²) in [6.07, 6.45) is 1.64. The quantitative estimate of drug-likeness (QED) is 0.526. The standard InChI is InChI=1S/C6H9N3/c1-5-3-4-8-6(7)9(5)2/h3-4,7H,1-2H3. The Labute approximate surface area is 53.5 Å². The Bertz CT molecular complexity index is 261. The highest BCUT2D eigenvalue weighted by atomic mass is 15.0. The number of aryl methyl sites for hydroxylation is 1. The molecule has 0 atom stereocenters. The van der Waals surface area contributed by atoms with E-state index in [1.807, 2.05) is 20.0 Å². The van der Waals surface area contributed by atoms with Gasteiger partial charge in [0, 0.05) is 18.9 Å². The molecule has 0 aliphatic carbocycles. The predicted octanol–water partition coefficient (Wildman–Crippen LogP) is 0.208. The van der Waals surface area contributed by atoms with Gasteiger partial charge < -0.3 is 4.57 Å². The van der Waals surface area contributed by atoms with E-state index in [0.29, 0.717) is 5.62 Å². The molecule has 1 N–H and O–H groups in total. The summed E-state index contributed by atoms with van der Waals surface area (Å²) >= 11 is 0. The summed E-state index contributed by atoms with van der Waals surface area (Å²) < 4.78 is 1.72. The molecule has 0 saturated heterocycles. The number of aromatic nitrogens is 2. The van der Waals surface area contributed by atoms with Crippen LogP contribution in [-0.4, -0.2) is 9.55 Å². The first kappa shape index (κ1) is 6.01. The fourth-order valence-corrected chi connectivity index (χ4v) is 0.581. The van der Waals surface area contributed by atoms with Crippen LogP contribution in [0.4, 0.5) is 0 Å². The number of hydrogen-bond acceptors (Lipinski definition) is 2. The number of hydrogen-bond donors (Lipinski definition) is 1. The van der Waals surface area contributed by atoms with E-state index in [0.717, 1.165) is 5.69 Å². The molecule has 0 unspecified atom stereocenters. The monoisotopic (exact) mass is 123 g/mol. The lowest BCUT2D eigenvalue weighted by Crippen LogP contribution is -2.20. The zero-order chi connectivity index (χ0) is 6.85. The van der Waals surface area contributed by atoms with E-state index < -0.39 is 0 Å². The van der Waals surface area contributed by atoms with Crippen molar-refractivity contribution in [1.82, 2.24) is 9.55 Å². The summed E-state index contributed by atoms with van der Waals surface area (Å²) in [5.74, 6) is 0. The molecule has 1 rings (SSSR count). The molecule has 0 radical (unpaired) electrons. The molecule has 1 aromatic heterocycles. The van der Waals surface area contributed by atoms with Crippen molar-refractivity contribution >= 4 is 0 Å². The summed E-state index contributed by atoms with van der Waals surface area (Å²) in [5.41, 5.74) is 1.35. The molecule has 0 aliphatic heterocycles. The molecule has 0 spiro atoms. The number of nitrogens with one attached hydrogen (secondary N) is 1. The topological polar surface area (TPSA) is 41.7 Å². The summed E-state index contributed by atoms with van der Waals surface area (Å²) in [6.45, 7) is 1.94. The van der Waals surface area contributed by atoms with Crippen molar-refractivity contribution in [3.8, 4) is 0 Å². The van der Waals surface area contributed by atoms with Crippen LogP contribution in [0, 0.1) is 12.3 Å². The number of nitrogens with zero attached hydrogens (tertiary/aromatic N) is 2. The maximum Gasteiger partial charge on any atom is 0.221 e. The van der Waals surface area contributed by atoms with E-state index in [2.05, 4.69) is 4.98 Å². The molecule has 0 aromatic carbocycles. The lowest BCUT2D eigenvalue weighted by Gasteiger charge is -1.99. The Morgan fingerprint density at radius 1 is 1.67 bits per heavy atom. The average Bonchev–Trinajstić information content (AvgIpc) is 1.83. The second-order valence-electron chi connectivity index (χ2n) is 1.97. The minimum Gasteiger partial charge on any atom is -0.318 e. The molecule has 3 heteroatoms. The van der Waals surface area contributed by atoms with Crippen LogP contribution >= 0.6 is 0 Å². The van der Waals surface area contributed by atoms with Gasteiger partial charge in [-0.2, -0.15) is 0 Å². The van der Waals surface area contributed by atoms with E-state index in [9.17, 15) is 0 Å². The smallest absolute Gasteiger partial charge is 0.221 e. The average molecular weight is 123 g/mol. The van der Waals surface area contributed by atoms with Crippen LogP contribution in [0.5, 0.6) is 0 Å². The van der Waals surface area contributed by atoms with E-state index in [4.69, 9.17) is 5.41 Å². The maximum atomic E-state index is 7.21. The van der Waals surface area contributed by atoms with Crippen LogP contribution in [0.25, 0.3) is 0 Å². The summed E-state index contributed by atoms with van der Waals surface area (Å²) in [4.78, 5) is 3.77. The largest absolute Gasteiger partial charge is 0.318 e. The molecule has 1 heterocycles. The van der Waals surface area contributed by atoms with Gasteiger partial charge in [0.25, 0.3) is 0 Å². The first-order valence-electron chi connectivity index (χ1n) is 2.75. The fourth-order valence-electron chi connectivity index (χ4n) is 0.581. The van der Waals surface area contributed by atoms with Gasteiger partial charge in [-0.25, -0.2) is 4.98 Å². The Balaban J connectivity index is 3.43. The first-order valence-corrected chi connectivity index (χ1v) is 2.75. The Kier molecular flexibility index (Phi) is 1.34. The first-order chi connectivity index (χ1) is 4.22. The Morgan fingerprint density at radius 2 is 2.33 bits per heavy atom. The highest BCUT2D eigenvalue weighted by Gasteiger charge is 1.86. The molecule has 3 nitrogen and oxygen atoms in total. The van der Waals surface area contributed by atoms with Crippen LogP contribution in [0.1, 0.15) is 5.69 Å². The number of rotatable bonds is 0. The van der Waals surface area contributed by atoms with E-state index in [1.165, 1.54) is 0 Å². The van der Waals surface area contributed by atoms with Gasteiger partial charge in [0.1, 0.15) is 0 Å². The van der Waals surface area contributed by atoms with E-state index in [-0.39, 0.29) is 0 Å². The van der Waals surface area contributed by atoms with Gasteiger partial charge in [-0.15, -0.1) is 0 Å². The third kappa shape index (κ3) is 0.988. The van der Waals surface area contributed by atoms with Crippen molar-refractivity contribution in [2.24, 2.45) is 7.05 Å². The summed E-state index contributed by atoms with van der Waals surface area (Å²) in [5, 5.41) is 7.21. The minimum atomic E-state index is 0.301. The Morgan fingerprint density at radius 3 is 2.78 bits per heavy atom. The third-order valence-electron chi connectivity index (χ3n) is 1.36. The van der Waals surface area contributed by atoms with Crippen molar-refractivity contribution < 1.29 is 0 Å². The van der Waals surface area contributed by atoms with Gasteiger partial charge in [-0.1, -0.05) is 0 Å². The highest BCUT2D eigenvalue weighted by molar-refractivity contribution is 4.95. The van der Waals surface area contributed by atoms with Gasteiger partial charge in [0.15, 0.2) is 0 Å². The molecular weight excluding hydrogens is 114 g/mol. The second-order valence-corrected chi connectivity index (χ2v) is 1.97. The van der Waals surface area contributed by atoms with E-state index >= 15 is 0 Å². The van der Waals surface area contributed by atoms with Crippen molar-refractivity contribution in [2.75, 3.05) is 0 Å². The van der Waals surface area contributed by atoms with E-state index in [1.54, 1.807) is 10.8 Å². The molecule has 1 aromatic rings. The summed E-state index contributed by atoms with van der Waals surface area (Å²) in [7, 11) is 1.82. The predicted molar refractivity (Wildman–Crippen MR) is 33.8 cm³/mol. The third-order valence-corrected chi connectivity index (χ3v) is 1.36. The van der Waals surface area contributed by atoms with Crippen molar-refractivity contribution in [2.45, 2.75) is 6.92 Å². The van der Waals surface area contributed by atoms with Gasteiger partial charge >= 0.3 is 0 Å². The SMILES string of the molecule is Cc1ccnc(=N)n1C. The highest BCUT2D eigenvalue weighted by Crippen LogP contribution is 1.84. The molecular formula is C6H9N3. The van der Waals surface area contributed by atoms with Crippen LogP contribution in [0.15, 0.2) is 12.3 Å². The second kappa shape index (κ2) is 2.01. The van der Waals surface area contributed by atoms with Crippen molar-refractivity contribution in [3.05, 3.63) is 23.6 Å². The molecule has 0 fully saturated rings. The van der Waals surface area contributed by atoms with Gasteiger partial charge in [0.2, 0.25) is 5.62 Å². The van der Waals surface area contributed by atoms with Gasteiger partial charge in [0.05, 0.1) is 0 Å². The summed E-state index contributed by atoms with van der Waals surface area (Å²) in [6, 6.07) is 1.87.